The molecule has 0 saturated heterocycles. The molecule has 0 N–H and O–H groups in total. The van der Waals surface area contributed by atoms with Crippen molar-refractivity contribution in [1.29, 1.82) is 0 Å². The molecule has 0 bridgehead atoms. The van der Waals surface area contributed by atoms with Crippen LogP contribution in [0.1, 0.15) is 0 Å². The summed E-state index contributed by atoms with van der Waals surface area (Å²) in [7, 11) is 0. The molecule has 0 saturated carbocycles. The maximum absolute atomic E-state index is 6.40. The van der Waals surface area contributed by atoms with E-state index in [1.54, 1.807) is 0 Å². The van der Waals surface area contributed by atoms with E-state index in [1.165, 1.54) is 60.0 Å². The molecule has 0 amide bonds. The van der Waals surface area contributed by atoms with Gasteiger partial charge in [0.1, 0.15) is 11.5 Å². The van der Waals surface area contributed by atoms with Crippen LogP contribution in [-0.4, -0.2) is 4.57 Å². The minimum absolute atomic E-state index is 0.903. The second-order valence-electron chi connectivity index (χ2n) is 10.6. The fourth-order valence-corrected chi connectivity index (χ4v) is 6.58. The molecule has 0 radical (unpaired) electrons. The van der Waals surface area contributed by atoms with Gasteiger partial charge in [-0.2, -0.15) is 0 Å². The lowest BCUT2D eigenvalue weighted by atomic mass is 9.91. The van der Waals surface area contributed by atoms with Crippen LogP contribution in [0.5, 0.6) is 11.5 Å². The maximum Gasteiger partial charge on any atom is 0.135 e. The van der Waals surface area contributed by atoms with Gasteiger partial charge in [-0.05, 0) is 81.4 Å². The first kappa shape index (κ1) is 21.6. The molecule has 2 nitrogen and oxygen atoms in total. The zero-order chi connectivity index (χ0) is 26.2. The molecule has 0 unspecified atom stereocenters. The number of ether oxygens (including phenoxy) is 1. The van der Waals surface area contributed by atoms with Crippen molar-refractivity contribution >= 4 is 43.4 Å². The highest BCUT2D eigenvalue weighted by Crippen LogP contribution is 2.48. The minimum Gasteiger partial charge on any atom is -0.456 e. The summed E-state index contributed by atoms with van der Waals surface area (Å²) < 4.78 is 8.81. The lowest BCUT2D eigenvalue weighted by molar-refractivity contribution is 0.487. The molecule has 1 aliphatic rings. The van der Waals surface area contributed by atoms with E-state index in [0.717, 1.165) is 22.7 Å². The van der Waals surface area contributed by atoms with Crippen molar-refractivity contribution in [2.75, 3.05) is 0 Å². The molecule has 9 rings (SSSR count). The van der Waals surface area contributed by atoms with Crippen molar-refractivity contribution < 1.29 is 4.74 Å². The third-order valence-electron chi connectivity index (χ3n) is 8.34. The zero-order valence-corrected chi connectivity index (χ0v) is 21.6. The maximum atomic E-state index is 6.40. The number of nitrogens with zero attached hydrogens (tertiary/aromatic N) is 1. The number of rotatable bonds is 2. The van der Waals surface area contributed by atoms with Crippen molar-refractivity contribution in [2.24, 2.45) is 0 Å². The standard InChI is InChI=1S/C38H23NO/c1-2-13-28(14-3-1)39-33-17-8-15-29(38(33)32-21-25-9-4-5-10-26(25)23-34(32)39)27-19-20-35-31(22-27)30-16-6-11-24-12-7-18-36(40-35)37(24)30/h1-23H. The summed E-state index contributed by atoms with van der Waals surface area (Å²) in [5.74, 6) is 1.83. The molecule has 2 heterocycles. The van der Waals surface area contributed by atoms with Gasteiger partial charge in [-0.1, -0.05) is 91.0 Å². The fourth-order valence-electron chi connectivity index (χ4n) is 6.58. The van der Waals surface area contributed by atoms with E-state index in [-0.39, 0.29) is 0 Å². The molecule has 0 fully saturated rings. The molecule has 1 aromatic heterocycles. The van der Waals surface area contributed by atoms with Crippen molar-refractivity contribution in [3.05, 3.63) is 140 Å². The van der Waals surface area contributed by atoms with Crippen LogP contribution in [0.2, 0.25) is 0 Å². The summed E-state index contributed by atoms with van der Waals surface area (Å²) in [6.45, 7) is 0. The Hall–Kier alpha value is -5.34. The van der Waals surface area contributed by atoms with E-state index in [9.17, 15) is 0 Å². The Morgan fingerprint density at radius 1 is 0.425 bits per heavy atom. The second kappa shape index (κ2) is 8.08. The van der Waals surface area contributed by atoms with Crippen molar-refractivity contribution in [2.45, 2.75) is 0 Å². The summed E-state index contributed by atoms with van der Waals surface area (Å²) in [5.41, 5.74) is 8.35. The van der Waals surface area contributed by atoms with E-state index >= 15 is 0 Å². The average Bonchev–Trinajstić information content (AvgIpc) is 3.34. The SMILES string of the molecule is c1ccc(-n2c3cc4ccccc4cc3c3c(-c4ccc5c(c4)-c4cccc6cccc(c46)O5)cccc32)cc1. The molecule has 1 aliphatic heterocycles. The van der Waals surface area contributed by atoms with Gasteiger partial charge in [0.25, 0.3) is 0 Å². The first-order valence-electron chi connectivity index (χ1n) is 13.7. The van der Waals surface area contributed by atoms with Gasteiger partial charge in [0, 0.05) is 27.4 Å². The summed E-state index contributed by atoms with van der Waals surface area (Å²) in [6.07, 6.45) is 0. The quantitative estimate of drug-likeness (QED) is 0.226. The molecular weight excluding hydrogens is 486 g/mol. The van der Waals surface area contributed by atoms with E-state index < -0.39 is 0 Å². The van der Waals surface area contributed by atoms with Crippen molar-refractivity contribution in [3.63, 3.8) is 0 Å². The third-order valence-corrected chi connectivity index (χ3v) is 8.34. The summed E-state index contributed by atoms with van der Waals surface area (Å²) in [4.78, 5) is 0. The number of hydrogen-bond donors (Lipinski definition) is 0. The van der Waals surface area contributed by atoms with Crippen LogP contribution in [-0.2, 0) is 0 Å². The van der Waals surface area contributed by atoms with E-state index in [0.29, 0.717) is 0 Å². The van der Waals surface area contributed by atoms with Crippen LogP contribution in [0.4, 0.5) is 0 Å². The highest BCUT2D eigenvalue weighted by atomic mass is 16.5. The fraction of sp³-hybridized carbons (Fsp3) is 0. The van der Waals surface area contributed by atoms with Gasteiger partial charge in [0.05, 0.1) is 11.0 Å². The van der Waals surface area contributed by atoms with Crippen LogP contribution in [0.15, 0.2) is 140 Å². The Balaban J connectivity index is 1.36. The van der Waals surface area contributed by atoms with Crippen molar-refractivity contribution in [3.8, 4) is 39.4 Å². The number of hydrogen-bond acceptors (Lipinski definition) is 1. The Kier molecular flexibility index (Phi) is 4.36. The van der Waals surface area contributed by atoms with Crippen LogP contribution >= 0.6 is 0 Å². The average molecular weight is 510 g/mol. The molecule has 0 aliphatic carbocycles. The Morgan fingerprint density at radius 2 is 1.15 bits per heavy atom. The van der Waals surface area contributed by atoms with Gasteiger partial charge < -0.3 is 9.30 Å². The first-order chi connectivity index (χ1) is 19.8. The Bertz CT molecular complexity index is 2290. The van der Waals surface area contributed by atoms with E-state index in [1.807, 2.05) is 0 Å². The number of benzene rings is 7. The summed E-state index contributed by atoms with van der Waals surface area (Å²) in [6, 6.07) is 50.1. The number of para-hydroxylation sites is 1. The van der Waals surface area contributed by atoms with E-state index in [4.69, 9.17) is 4.74 Å². The van der Waals surface area contributed by atoms with Crippen LogP contribution in [0, 0.1) is 0 Å². The first-order valence-corrected chi connectivity index (χ1v) is 13.7. The van der Waals surface area contributed by atoms with Gasteiger partial charge in [-0.25, -0.2) is 0 Å². The zero-order valence-electron chi connectivity index (χ0n) is 21.6. The van der Waals surface area contributed by atoms with Crippen LogP contribution < -0.4 is 4.74 Å². The smallest absolute Gasteiger partial charge is 0.135 e. The van der Waals surface area contributed by atoms with Crippen LogP contribution in [0.3, 0.4) is 0 Å². The molecule has 0 atom stereocenters. The summed E-state index contributed by atoms with van der Waals surface area (Å²) >= 11 is 0. The van der Waals surface area contributed by atoms with Gasteiger partial charge in [0.15, 0.2) is 0 Å². The number of aromatic nitrogens is 1. The monoisotopic (exact) mass is 509 g/mol. The molecule has 7 aromatic carbocycles. The Morgan fingerprint density at radius 3 is 2.02 bits per heavy atom. The Labute approximate surface area is 231 Å². The second-order valence-corrected chi connectivity index (χ2v) is 10.6. The summed E-state index contributed by atoms with van der Waals surface area (Å²) in [5, 5.41) is 7.40. The van der Waals surface area contributed by atoms with Gasteiger partial charge in [-0.3, -0.25) is 0 Å². The molecule has 40 heavy (non-hydrogen) atoms. The lowest BCUT2D eigenvalue weighted by Crippen LogP contribution is -1.97. The van der Waals surface area contributed by atoms with Crippen LogP contribution in [0.25, 0.3) is 71.3 Å². The molecule has 2 heteroatoms. The largest absolute Gasteiger partial charge is 0.456 e. The highest BCUT2D eigenvalue weighted by Gasteiger charge is 2.22. The van der Waals surface area contributed by atoms with Gasteiger partial charge >= 0.3 is 0 Å². The van der Waals surface area contributed by atoms with Gasteiger partial charge in [-0.15, -0.1) is 0 Å². The van der Waals surface area contributed by atoms with Crippen molar-refractivity contribution in [1.82, 2.24) is 4.57 Å². The predicted octanol–water partition coefficient (Wildman–Crippen LogP) is 10.5. The third kappa shape index (κ3) is 2.99. The molecule has 186 valence electrons. The highest BCUT2D eigenvalue weighted by molar-refractivity contribution is 6.19. The minimum atomic E-state index is 0.903. The van der Waals surface area contributed by atoms with E-state index in [2.05, 4.69) is 144 Å². The molecular formula is C38H23NO. The topological polar surface area (TPSA) is 14.2 Å². The predicted molar refractivity (Wildman–Crippen MR) is 167 cm³/mol. The molecule has 8 aromatic rings. The molecule has 0 spiro atoms. The number of fused-ring (bicyclic) bond motifs is 6. The lowest BCUT2D eigenvalue weighted by Gasteiger charge is -2.22. The normalized spacial score (nSPS) is 12.2. The van der Waals surface area contributed by atoms with Gasteiger partial charge in [0.2, 0.25) is 0 Å².